The molecule has 2 amide bonds. The second-order valence-electron chi connectivity index (χ2n) is 5.97. The van der Waals surface area contributed by atoms with Gasteiger partial charge < -0.3 is 15.4 Å². The van der Waals surface area contributed by atoms with Gasteiger partial charge >= 0.3 is 0 Å². The first kappa shape index (κ1) is 18.7. The summed E-state index contributed by atoms with van der Waals surface area (Å²) < 4.78 is 4.79. The lowest BCUT2D eigenvalue weighted by molar-refractivity contribution is -0.121. The summed E-state index contributed by atoms with van der Waals surface area (Å²) in [6.45, 7) is 2.48. The maximum Gasteiger partial charge on any atom is 0.250 e. The Kier molecular flexibility index (Phi) is 7.16. The van der Waals surface area contributed by atoms with Crippen LogP contribution in [0.1, 0.15) is 30.4 Å². The Morgan fingerprint density at radius 3 is 2.52 bits per heavy atom. The molecular formula is C20H24N2O3. The first-order valence-corrected chi connectivity index (χ1v) is 8.28. The van der Waals surface area contributed by atoms with Crippen LogP contribution in [0.5, 0.6) is 0 Å². The molecule has 132 valence electrons. The molecule has 0 spiro atoms. The lowest BCUT2D eigenvalue weighted by atomic mass is 9.97. The van der Waals surface area contributed by atoms with Crippen LogP contribution in [0.4, 0.5) is 5.69 Å². The molecule has 0 aliphatic heterocycles. The zero-order chi connectivity index (χ0) is 18.1. The number of hydrogen-bond donors (Lipinski definition) is 2. The number of ether oxygens (including phenoxy) is 1. The predicted molar refractivity (Wildman–Crippen MR) is 98.3 cm³/mol. The first-order chi connectivity index (χ1) is 12.1. The van der Waals surface area contributed by atoms with E-state index in [-0.39, 0.29) is 24.3 Å². The minimum absolute atomic E-state index is 0.00479. The van der Waals surface area contributed by atoms with Crippen molar-refractivity contribution in [3.63, 3.8) is 0 Å². The van der Waals surface area contributed by atoms with E-state index < -0.39 is 0 Å². The van der Waals surface area contributed by atoms with Crippen LogP contribution in [0.3, 0.4) is 0 Å². The fourth-order valence-electron chi connectivity index (χ4n) is 2.54. The van der Waals surface area contributed by atoms with Gasteiger partial charge in [-0.05, 0) is 29.2 Å². The molecule has 1 atom stereocenters. The molecule has 0 heterocycles. The molecule has 2 aromatic carbocycles. The molecule has 2 aromatic rings. The molecule has 0 aromatic heterocycles. The van der Waals surface area contributed by atoms with Gasteiger partial charge in [0.05, 0.1) is 0 Å². The number of carbonyl (C=O) groups excluding carboxylic acids is 2. The minimum atomic E-state index is -0.208. The first-order valence-electron chi connectivity index (χ1n) is 8.28. The zero-order valence-corrected chi connectivity index (χ0v) is 14.6. The lowest BCUT2D eigenvalue weighted by Crippen LogP contribution is -2.24. The number of benzene rings is 2. The standard InChI is InChI=1S/C20H24N2O3/c1-15(17-8-4-3-5-9-17)11-19(23)21-13-16-7-6-10-18(12-16)22-20(24)14-25-2/h3-10,12,15H,11,13-14H2,1-2H3,(H,21,23)(H,22,24). The van der Waals surface area contributed by atoms with Gasteiger partial charge in [-0.2, -0.15) is 0 Å². The highest BCUT2D eigenvalue weighted by atomic mass is 16.5. The third kappa shape index (κ3) is 6.39. The van der Waals surface area contributed by atoms with Crippen molar-refractivity contribution in [1.82, 2.24) is 5.32 Å². The van der Waals surface area contributed by atoms with Gasteiger partial charge in [0, 0.05) is 25.8 Å². The molecule has 0 aliphatic rings. The molecule has 5 nitrogen and oxygen atoms in total. The Morgan fingerprint density at radius 2 is 1.80 bits per heavy atom. The van der Waals surface area contributed by atoms with Gasteiger partial charge in [0.25, 0.3) is 0 Å². The summed E-state index contributed by atoms with van der Waals surface area (Å²) in [6, 6.07) is 17.4. The third-order valence-corrected chi connectivity index (χ3v) is 3.84. The molecule has 1 unspecified atom stereocenters. The topological polar surface area (TPSA) is 67.4 Å². The van der Waals surface area contributed by atoms with Crippen molar-refractivity contribution in [2.45, 2.75) is 25.8 Å². The second-order valence-corrected chi connectivity index (χ2v) is 5.97. The number of anilines is 1. The van der Waals surface area contributed by atoms with Crippen LogP contribution >= 0.6 is 0 Å². The van der Waals surface area contributed by atoms with Crippen LogP contribution in [-0.2, 0) is 20.9 Å². The third-order valence-electron chi connectivity index (χ3n) is 3.84. The Hall–Kier alpha value is -2.66. The van der Waals surface area contributed by atoms with Gasteiger partial charge in [-0.15, -0.1) is 0 Å². The summed E-state index contributed by atoms with van der Waals surface area (Å²) in [6.07, 6.45) is 0.439. The van der Waals surface area contributed by atoms with Crippen molar-refractivity contribution >= 4 is 17.5 Å². The molecule has 0 saturated carbocycles. The fraction of sp³-hybridized carbons (Fsp3) is 0.300. The van der Waals surface area contributed by atoms with Gasteiger partial charge in [-0.25, -0.2) is 0 Å². The number of nitrogens with one attached hydrogen (secondary N) is 2. The van der Waals surface area contributed by atoms with E-state index in [9.17, 15) is 9.59 Å². The van der Waals surface area contributed by atoms with E-state index in [1.54, 1.807) is 6.07 Å². The highest BCUT2D eigenvalue weighted by molar-refractivity contribution is 5.91. The van der Waals surface area contributed by atoms with Crippen molar-refractivity contribution in [1.29, 1.82) is 0 Å². The summed E-state index contributed by atoms with van der Waals surface area (Å²) in [7, 11) is 1.47. The van der Waals surface area contributed by atoms with Crippen molar-refractivity contribution in [2.75, 3.05) is 19.0 Å². The monoisotopic (exact) mass is 340 g/mol. The summed E-state index contributed by atoms with van der Waals surface area (Å²) >= 11 is 0. The van der Waals surface area contributed by atoms with Crippen LogP contribution in [0, 0.1) is 0 Å². The smallest absolute Gasteiger partial charge is 0.250 e. The van der Waals surface area contributed by atoms with Gasteiger partial charge in [-0.3, -0.25) is 9.59 Å². The summed E-state index contributed by atoms with van der Waals surface area (Å²) in [4.78, 5) is 23.7. The summed E-state index contributed by atoms with van der Waals surface area (Å²) in [5.74, 6) is -0.0357. The number of rotatable bonds is 8. The molecule has 0 fully saturated rings. The average Bonchev–Trinajstić information content (AvgIpc) is 2.61. The minimum Gasteiger partial charge on any atom is -0.375 e. The van der Waals surface area contributed by atoms with E-state index in [1.165, 1.54) is 7.11 Å². The van der Waals surface area contributed by atoms with E-state index in [0.717, 1.165) is 11.1 Å². The van der Waals surface area contributed by atoms with Gasteiger partial charge in [0.15, 0.2) is 0 Å². The van der Waals surface area contributed by atoms with Crippen LogP contribution < -0.4 is 10.6 Å². The molecule has 0 aliphatic carbocycles. The molecule has 25 heavy (non-hydrogen) atoms. The predicted octanol–water partition coefficient (Wildman–Crippen LogP) is 3.08. The zero-order valence-electron chi connectivity index (χ0n) is 14.6. The molecule has 0 radical (unpaired) electrons. The highest BCUT2D eigenvalue weighted by Crippen LogP contribution is 2.18. The molecule has 0 saturated heterocycles. The van der Waals surface area contributed by atoms with Crippen LogP contribution in [0.2, 0.25) is 0 Å². The van der Waals surface area contributed by atoms with Crippen molar-refractivity contribution in [3.8, 4) is 0 Å². The van der Waals surface area contributed by atoms with Crippen LogP contribution in [-0.4, -0.2) is 25.5 Å². The van der Waals surface area contributed by atoms with E-state index in [4.69, 9.17) is 4.74 Å². The van der Waals surface area contributed by atoms with Crippen molar-refractivity contribution in [2.24, 2.45) is 0 Å². The molecular weight excluding hydrogens is 316 g/mol. The normalized spacial score (nSPS) is 11.6. The fourth-order valence-corrected chi connectivity index (χ4v) is 2.54. The SMILES string of the molecule is COCC(=O)Nc1cccc(CNC(=O)CC(C)c2ccccc2)c1. The second kappa shape index (κ2) is 9.59. The van der Waals surface area contributed by atoms with Crippen molar-refractivity contribution < 1.29 is 14.3 Å². The number of amides is 2. The Bertz CT molecular complexity index is 701. The average molecular weight is 340 g/mol. The molecule has 0 bridgehead atoms. The van der Waals surface area contributed by atoms with Crippen molar-refractivity contribution in [3.05, 3.63) is 65.7 Å². The largest absolute Gasteiger partial charge is 0.375 e. The Morgan fingerprint density at radius 1 is 1.04 bits per heavy atom. The summed E-state index contributed by atoms with van der Waals surface area (Å²) in [5.41, 5.74) is 2.77. The van der Waals surface area contributed by atoms with E-state index in [2.05, 4.69) is 10.6 Å². The number of carbonyl (C=O) groups is 2. The lowest BCUT2D eigenvalue weighted by Gasteiger charge is -2.12. The summed E-state index contributed by atoms with van der Waals surface area (Å²) in [5, 5.41) is 5.68. The maximum atomic E-state index is 12.2. The number of hydrogen-bond acceptors (Lipinski definition) is 3. The Balaban J connectivity index is 1.84. The van der Waals surface area contributed by atoms with E-state index in [0.29, 0.717) is 18.7 Å². The van der Waals surface area contributed by atoms with Gasteiger partial charge in [0.2, 0.25) is 11.8 Å². The highest BCUT2D eigenvalue weighted by Gasteiger charge is 2.11. The molecule has 2 N–H and O–H groups in total. The van der Waals surface area contributed by atoms with Crippen LogP contribution in [0.15, 0.2) is 54.6 Å². The molecule has 2 rings (SSSR count). The number of methoxy groups -OCH3 is 1. The molecule has 5 heteroatoms. The van der Waals surface area contributed by atoms with Gasteiger partial charge in [-0.1, -0.05) is 49.4 Å². The Labute approximate surface area is 148 Å². The van der Waals surface area contributed by atoms with Gasteiger partial charge in [0.1, 0.15) is 6.61 Å². The van der Waals surface area contributed by atoms with E-state index in [1.807, 2.05) is 55.5 Å². The maximum absolute atomic E-state index is 12.2. The van der Waals surface area contributed by atoms with Crippen LogP contribution in [0.25, 0.3) is 0 Å². The van der Waals surface area contributed by atoms with E-state index >= 15 is 0 Å². The quantitative estimate of drug-likeness (QED) is 0.776.